The van der Waals surface area contributed by atoms with Crippen LogP contribution < -0.4 is 24.5 Å². The minimum absolute atomic E-state index is 0.192. The Balaban J connectivity index is 1.69. The molecule has 2 aromatic carbocycles. The lowest BCUT2D eigenvalue weighted by atomic mass is 10.1. The van der Waals surface area contributed by atoms with Gasteiger partial charge in [0.25, 0.3) is 11.5 Å². The van der Waals surface area contributed by atoms with E-state index in [1.807, 2.05) is 25.1 Å². The van der Waals surface area contributed by atoms with Crippen molar-refractivity contribution in [2.45, 2.75) is 6.92 Å². The molecule has 0 unspecified atom stereocenters. The van der Waals surface area contributed by atoms with E-state index in [4.69, 9.17) is 9.47 Å². The number of methoxy groups -OCH3 is 2. The topological polar surface area (TPSA) is 86.0 Å². The third-order valence-electron chi connectivity index (χ3n) is 5.32. The molecule has 8 nitrogen and oxygen atoms in total. The summed E-state index contributed by atoms with van der Waals surface area (Å²) in [6.07, 6.45) is 0. The number of hydrogen-bond acceptors (Lipinski definition) is 7. The van der Waals surface area contributed by atoms with Crippen LogP contribution in [0, 0.1) is 0 Å². The lowest BCUT2D eigenvalue weighted by Gasteiger charge is -2.13. The number of thiazole rings is 1. The second-order valence-electron chi connectivity index (χ2n) is 7.02. The number of carbonyl (C=O) groups is 1. The Kier molecular flexibility index (Phi) is 4.98. The van der Waals surface area contributed by atoms with Crippen LogP contribution in [0.4, 0.5) is 5.69 Å². The first-order valence-corrected chi connectivity index (χ1v) is 11.4. The van der Waals surface area contributed by atoms with E-state index >= 15 is 0 Å². The van der Waals surface area contributed by atoms with Crippen LogP contribution in [0.25, 0.3) is 21.9 Å². The molecule has 0 radical (unpaired) electrons. The minimum Gasteiger partial charge on any atom is -0.493 e. The standard InChI is InChI=1S/C22H17BrN4O4S/c1-4-26-14-7-6-12(23)10-13(14)17(20(26)28)18-21(29)27-22(32-18)24-19(25-27)11-5-8-15(30-2)16(9-11)31-3/h5-10H,4H2,1-3H3. The number of benzene rings is 2. The summed E-state index contributed by atoms with van der Waals surface area (Å²) < 4.78 is 13.0. The molecule has 0 N–H and O–H groups in total. The molecule has 1 aliphatic heterocycles. The molecule has 1 aliphatic rings. The number of ether oxygens (including phenoxy) is 2. The van der Waals surface area contributed by atoms with E-state index < -0.39 is 0 Å². The number of likely N-dealkylation sites (N-methyl/N-ethyl adjacent to an activating group) is 1. The molecule has 0 spiro atoms. The highest BCUT2D eigenvalue weighted by Gasteiger charge is 2.33. The van der Waals surface area contributed by atoms with E-state index in [0.29, 0.717) is 44.5 Å². The highest BCUT2D eigenvalue weighted by molar-refractivity contribution is 9.10. The first kappa shape index (κ1) is 20.7. The molecule has 10 heteroatoms. The SMILES string of the molecule is CCN1C(=O)C(=c2sc3nc(-c4ccc(OC)c(OC)c4)nn3c2=O)c2cc(Br)ccc21. The van der Waals surface area contributed by atoms with E-state index in [0.717, 1.165) is 27.1 Å². The monoisotopic (exact) mass is 512 g/mol. The van der Waals surface area contributed by atoms with Crippen molar-refractivity contribution in [1.82, 2.24) is 14.6 Å². The van der Waals surface area contributed by atoms with Gasteiger partial charge in [-0.15, -0.1) is 5.10 Å². The van der Waals surface area contributed by atoms with Gasteiger partial charge in [-0.3, -0.25) is 9.59 Å². The van der Waals surface area contributed by atoms with Crippen LogP contribution in [0.5, 0.6) is 11.5 Å². The van der Waals surface area contributed by atoms with Crippen molar-refractivity contribution in [3.8, 4) is 22.9 Å². The van der Waals surface area contributed by atoms with Gasteiger partial charge >= 0.3 is 0 Å². The number of aromatic nitrogens is 3. The molecular weight excluding hydrogens is 496 g/mol. The van der Waals surface area contributed by atoms with E-state index in [9.17, 15) is 9.59 Å². The second-order valence-corrected chi connectivity index (χ2v) is 8.91. The van der Waals surface area contributed by atoms with Gasteiger partial charge in [0, 0.05) is 22.1 Å². The summed E-state index contributed by atoms with van der Waals surface area (Å²) in [6.45, 7) is 2.42. The first-order chi connectivity index (χ1) is 15.5. The number of hydrogen-bond donors (Lipinski definition) is 0. The predicted molar refractivity (Wildman–Crippen MR) is 126 cm³/mol. The largest absolute Gasteiger partial charge is 0.493 e. The average molecular weight is 513 g/mol. The van der Waals surface area contributed by atoms with Gasteiger partial charge in [-0.2, -0.15) is 9.50 Å². The van der Waals surface area contributed by atoms with Crippen molar-refractivity contribution in [2.75, 3.05) is 25.7 Å². The third-order valence-corrected chi connectivity index (χ3v) is 6.84. The van der Waals surface area contributed by atoms with E-state index in [-0.39, 0.29) is 11.5 Å². The molecule has 5 rings (SSSR count). The summed E-state index contributed by atoms with van der Waals surface area (Å²) in [6, 6.07) is 10.9. The van der Waals surface area contributed by atoms with Crippen molar-refractivity contribution in [3.05, 3.63) is 61.3 Å². The summed E-state index contributed by atoms with van der Waals surface area (Å²) in [5.41, 5.74) is 2.23. The molecule has 0 saturated carbocycles. The minimum atomic E-state index is -0.364. The van der Waals surface area contributed by atoms with Gasteiger partial charge in [0.2, 0.25) is 4.96 Å². The Morgan fingerprint density at radius 1 is 1.06 bits per heavy atom. The zero-order valence-corrected chi connectivity index (χ0v) is 19.8. The number of rotatable bonds is 4. The van der Waals surface area contributed by atoms with E-state index in [1.54, 1.807) is 37.3 Å². The molecule has 32 heavy (non-hydrogen) atoms. The molecule has 0 bridgehead atoms. The molecule has 0 atom stereocenters. The van der Waals surface area contributed by atoms with Crippen LogP contribution in [0.3, 0.4) is 0 Å². The number of amides is 1. The first-order valence-electron chi connectivity index (χ1n) is 9.74. The summed E-state index contributed by atoms with van der Waals surface area (Å²) in [4.78, 5) is 33.0. The summed E-state index contributed by atoms with van der Waals surface area (Å²) in [7, 11) is 3.11. The molecule has 1 amide bonds. The lowest BCUT2D eigenvalue weighted by molar-refractivity contribution is -0.113. The van der Waals surface area contributed by atoms with Crippen LogP contribution in [0.2, 0.25) is 0 Å². The smallest absolute Gasteiger partial charge is 0.291 e. The van der Waals surface area contributed by atoms with E-state index in [1.165, 1.54) is 4.52 Å². The molecule has 0 aliphatic carbocycles. The lowest BCUT2D eigenvalue weighted by Crippen LogP contribution is -2.32. The Morgan fingerprint density at radius 2 is 1.84 bits per heavy atom. The van der Waals surface area contributed by atoms with Gasteiger partial charge in [0.1, 0.15) is 4.53 Å². The van der Waals surface area contributed by atoms with Gasteiger partial charge in [0.05, 0.1) is 25.5 Å². The molecule has 0 saturated heterocycles. The van der Waals surface area contributed by atoms with Crippen LogP contribution >= 0.6 is 27.3 Å². The van der Waals surface area contributed by atoms with Gasteiger partial charge in [0.15, 0.2) is 17.3 Å². The zero-order chi connectivity index (χ0) is 22.6. The van der Waals surface area contributed by atoms with E-state index in [2.05, 4.69) is 26.0 Å². The number of fused-ring (bicyclic) bond motifs is 2. The summed E-state index contributed by atoms with van der Waals surface area (Å²) in [5.74, 6) is 1.33. The Labute approximate surface area is 194 Å². The zero-order valence-electron chi connectivity index (χ0n) is 17.4. The fourth-order valence-corrected chi connectivity index (χ4v) is 5.18. The quantitative estimate of drug-likeness (QED) is 0.417. The van der Waals surface area contributed by atoms with Gasteiger partial charge in [-0.1, -0.05) is 27.3 Å². The maximum atomic E-state index is 13.2. The van der Waals surface area contributed by atoms with Crippen LogP contribution in [0.15, 0.2) is 45.7 Å². The number of carbonyl (C=O) groups excluding carboxylic acids is 1. The maximum Gasteiger partial charge on any atom is 0.291 e. The van der Waals surface area contributed by atoms with Crippen molar-refractivity contribution < 1.29 is 14.3 Å². The normalized spacial score (nSPS) is 14.9. The molecule has 2 aromatic heterocycles. The fourth-order valence-electron chi connectivity index (χ4n) is 3.82. The highest BCUT2D eigenvalue weighted by atomic mass is 79.9. The Hall–Kier alpha value is -3.24. The molecule has 0 fully saturated rings. The highest BCUT2D eigenvalue weighted by Crippen LogP contribution is 2.37. The third kappa shape index (κ3) is 3.01. The van der Waals surface area contributed by atoms with Crippen LogP contribution in [-0.2, 0) is 4.79 Å². The Bertz CT molecular complexity index is 1510. The summed E-state index contributed by atoms with van der Waals surface area (Å²) in [5, 5.41) is 4.40. The molecule has 162 valence electrons. The number of nitrogens with zero attached hydrogens (tertiary/aromatic N) is 4. The fraction of sp³-hybridized carbons (Fsp3) is 0.182. The second kappa shape index (κ2) is 7.72. The molecule has 4 aromatic rings. The predicted octanol–water partition coefficient (Wildman–Crippen LogP) is 2.88. The van der Waals surface area contributed by atoms with Gasteiger partial charge < -0.3 is 14.4 Å². The maximum absolute atomic E-state index is 13.2. The number of halogens is 1. The molecular formula is C22H17BrN4O4S. The van der Waals surface area contributed by atoms with Gasteiger partial charge in [-0.25, -0.2) is 0 Å². The Morgan fingerprint density at radius 3 is 2.53 bits per heavy atom. The summed E-state index contributed by atoms with van der Waals surface area (Å²) >= 11 is 4.62. The van der Waals surface area contributed by atoms with Crippen molar-refractivity contribution >= 4 is 49.4 Å². The average Bonchev–Trinajstić information content (AvgIpc) is 3.43. The van der Waals surface area contributed by atoms with Gasteiger partial charge in [-0.05, 0) is 43.3 Å². The van der Waals surface area contributed by atoms with Crippen LogP contribution in [-0.4, -0.2) is 41.3 Å². The van der Waals surface area contributed by atoms with Crippen LogP contribution in [0.1, 0.15) is 12.5 Å². The number of anilines is 1. The van der Waals surface area contributed by atoms with Crippen molar-refractivity contribution in [1.29, 1.82) is 0 Å². The van der Waals surface area contributed by atoms with Crippen molar-refractivity contribution in [2.24, 2.45) is 0 Å². The molecule has 3 heterocycles. The van der Waals surface area contributed by atoms with Crippen molar-refractivity contribution in [3.63, 3.8) is 0 Å².